The zero-order valence-electron chi connectivity index (χ0n) is 15.1. The van der Waals surface area contributed by atoms with Crippen LogP contribution in [0.2, 0.25) is 0 Å². The number of ether oxygens (including phenoxy) is 2. The number of unbranched alkanes of at least 4 members (excludes halogenated alkanes) is 2. The van der Waals surface area contributed by atoms with Gasteiger partial charge in [-0.25, -0.2) is 4.79 Å². The summed E-state index contributed by atoms with van der Waals surface area (Å²) >= 11 is 0. The molecule has 0 rings (SSSR count). The summed E-state index contributed by atoms with van der Waals surface area (Å²) in [7, 11) is -4.45. The van der Waals surface area contributed by atoms with Crippen molar-refractivity contribution in [2.75, 3.05) is 0 Å². The summed E-state index contributed by atoms with van der Waals surface area (Å²) in [6.45, 7) is 7.77. The zero-order valence-corrected chi connectivity index (χ0v) is 18.1. The Morgan fingerprint density at radius 2 is 1.83 bits per heavy atom. The van der Waals surface area contributed by atoms with E-state index in [0.717, 1.165) is 18.9 Å². The fourth-order valence-electron chi connectivity index (χ4n) is 1.77. The van der Waals surface area contributed by atoms with Crippen LogP contribution in [0.3, 0.4) is 0 Å². The number of esters is 2. The molecule has 0 aliphatic carbocycles. The Bertz CT molecular complexity index is 495. The number of carbonyl (C=O) groups is 2. The summed E-state index contributed by atoms with van der Waals surface area (Å²) in [5.41, 5.74) is 0. The van der Waals surface area contributed by atoms with E-state index in [9.17, 15) is 18.0 Å². The van der Waals surface area contributed by atoms with E-state index in [1.165, 1.54) is 13.8 Å². The third-order valence-electron chi connectivity index (χ3n) is 3.12. The van der Waals surface area contributed by atoms with E-state index in [1.54, 1.807) is 0 Å². The third kappa shape index (κ3) is 10.6. The maximum absolute atomic E-state index is 11.8. The van der Waals surface area contributed by atoms with Gasteiger partial charge in [-0.05, 0) is 20.3 Å². The van der Waals surface area contributed by atoms with Crippen molar-refractivity contribution in [1.82, 2.24) is 0 Å². The molecule has 0 aromatic heterocycles. The Kier molecular flexibility index (Phi) is 13.9. The smallest absolute Gasteiger partial charge is 1.00 e. The average molecular weight is 377 g/mol. The predicted octanol–water partition coefficient (Wildman–Crippen LogP) is -1.01. The first kappa shape index (κ1) is 25.5. The van der Waals surface area contributed by atoms with Gasteiger partial charge in [0.15, 0.2) is 6.10 Å². The minimum Gasteiger partial charge on any atom is -1.00 e. The standard InChI is InChI=1S/C14H24O7S.K.H/c1-5-7-8-9-13(16)21-14(11(4)22(17,18)19)10(3)20-12(15)6-2;;/h6,10-11,14H,2,5,7-9H2,1,3-4H3,(H,17,18,19);;/q;+1;-1. The fourth-order valence-corrected chi connectivity index (χ4v) is 2.39. The minimum absolute atomic E-state index is 0. The molecular weight excluding hydrogens is 351 g/mol. The van der Waals surface area contributed by atoms with Crippen molar-refractivity contribution in [3.05, 3.63) is 12.7 Å². The average Bonchev–Trinajstić information content (AvgIpc) is 2.42. The Labute approximate surface area is 181 Å². The van der Waals surface area contributed by atoms with Crippen LogP contribution in [0.4, 0.5) is 0 Å². The number of hydrogen-bond donors (Lipinski definition) is 1. The zero-order chi connectivity index (χ0) is 17.3. The monoisotopic (exact) mass is 376 g/mol. The minimum atomic E-state index is -4.45. The van der Waals surface area contributed by atoms with E-state index in [-0.39, 0.29) is 59.2 Å². The van der Waals surface area contributed by atoms with Gasteiger partial charge in [-0.15, -0.1) is 0 Å². The van der Waals surface area contributed by atoms with E-state index in [2.05, 4.69) is 6.58 Å². The molecule has 1 N–H and O–H groups in total. The van der Waals surface area contributed by atoms with Gasteiger partial charge in [0.25, 0.3) is 10.1 Å². The van der Waals surface area contributed by atoms with Crippen LogP contribution in [-0.2, 0) is 29.2 Å². The Balaban J connectivity index is -0.00000220. The summed E-state index contributed by atoms with van der Waals surface area (Å²) in [6.07, 6.45) is 1.08. The van der Waals surface area contributed by atoms with Crippen LogP contribution in [0.1, 0.15) is 47.9 Å². The predicted molar refractivity (Wildman–Crippen MR) is 81.9 cm³/mol. The normalized spacial score (nSPS) is 14.8. The van der Waals surface area contributed by atoms with Crippen molar-refractivity contribution in [3.8, 4) is 0 Å². The van der Waals surface area contributed by atoms with Crippen LogP contribution in [0.25, 0.3) is 0 Å². The van der Waals surface area contributed by atoms with Crippen molar-refractivity contribution in [2.45, 2.75) is 63.9 Å². The second-order valence-corrected chi connectivity index (χ2v) is 6.75. The Hall–Kier alpha value is 0.226. The van der Waals surface area contributed by atoms with Crippen LogP contribution >= 0.6 is 0 Å². The summed E-state index contributed by atoms with van der Waals surface area (Å²) in [5.74, 6) is -1.38. The molecule has 130 valence electrons. The number of hydrogen-bond acceptors (Lipinski definition) is 6. The third-order valence-corrected chi connectivity index (χ3v) is 4.32. The molecule has 0 radical (unpaired) electrons. The van der Waals surface area contributed by atoms with Gasteiger partial charge >= 0.3 is 63.3 Å². The first-order valence-electron chi connectivity index (χ1n) is 7.12. The van der Waals surface area contributed by atoms with Crippen LogP contribution < -0.4 is 51.4 Å². The first-order valence-corrected chi connectivity index (χ1v) is 8.62. The summed E-state index contributed by atoms with van der Waals surface area (Å²) in [4.78, 5) is 23.0. The molecule has 0 fully saturated rings. The number of carbonyl (C=O) groups excluding carboxylic acids is 2. The molecule has 0 aliphatic rings. The summed E-state index contributed by atoms with van der Waals surface area (Å²) < 4.78 is 41.7. The van der Waals surface area contributed by atoms with Gasteiger partial charge in [-0.1, -0.05) is 26.3 Å². The molecule has 0 amide bonds. The van der Waals surface area contributed by atoms with Gasteiger partial charge in [0.05, 0.1) is 0 Å². The Morgan fingerprint density at radius 1 is 1.26 bits per heavy atom. The quantitative estimate of drug-likeness (QED) is 0.171. The first-order chi connectivity index (χ1) is 10.1. The molecule has 9 heteroatoms. The molecule has 3 unspecified atom stereocenters. The summed E-state index contributed by atoms with van der Waals surface area (Å²) in [6, 6.07) is 0. The molecule has 0 saturated heterocycles. The fraction of sp³-hybridized carbons (Fsp3) is 0.714. The van der Waals surface area contributed by atoms with Gasteiger partial charge in [0, 0.05) is 12.5 Å². The Morgan fingerprint density at radius 3 is 2.26 bits per heavy atom. The summed E-state index contributed by atoms with van der Waals surface area (Å²) in [5, 5.41) is -1.42. The van der Waals surface area contributed by atoms with Crippen LogP contribution in [0, 0.1) is 0 Å². The largest absolute Gasteiger partial charge is 1.00 e. The molecule has 3 atom stereocenters. The van der Waals surface area contributed by atoms with Gasteiger partial charge < -0.3 is 10.9 Å². The van der Waals surface area contributed by atoms with Crippen molar-refractivity contribution in [3.63, 3.8) is 0 Å². The maximum Gasteiger partial charge on any atom is 1.00 e. The molecule has 0 aliphatic heterocycles. The van der Waals surface area contributed by atoms with Gasteiger partial charge in [0.2, 0.25) is 0 Å². The second-order valence-electron chi connectivity index (χ2n) is 4.98. The van der Waals surface area contributed by atoms with E-state index in [0.29, 0.717) is 6.42 Å². The molecule has 7 nitrogen and oxygen atoms in total. The molecule has 0 saturated carbocycles. The van der Waals surface area contributed by atoms with E-state index < -0.39 is 39.5 Å². The molecule has 0 aromatic rings. The second kappa shape index (κ2) is 12.6. The molecule has 0 aromatic carbocycles. The van der Waals surface area contributed by atoms with Crippen LogP contribution in [0.15, 0.2) is 12.7 Å². The van der Waals surface area contributed by atoms with Gasteiger partial charge in [-0.3, -0.25) is 9.35 Å². The van der Waals surface area contributed by atoms with Gasteiger partial charge in [0.1, 0.15) is 11.4 Å². The molecular formula is C14H25KO7S. The maximum atomic E-state index is 11.8. The van der Waals surface area contributed by atoms with Crippen LogP contribution in [0.5, 0.6) is 0 Å². The van der Waals surface area contributed by atoms with Crippen molar-refractivity contribution in [2.24, 2.45) is 0 Å². The van der Waals surface area contributed by atoms with Crippen LogP contribution in [-0.4, -0.2) is 42.4 Å². The molecule has 0 bridgehead atoms. The van der Waals surface area contributed by atoms with Crippen molar-refractivity contribution < 1.29 is 84.8 Å². The van der Waals surface area contributed by atoms with Gasteiger partial charge in [-0.2, -0.15) is 8.42 Å². The number of rotatable bonds is 10. The topological polar surface area (TPSA) is 107 Å². The molecule has 23 heavy (non-hydrogen) atoms. The molecule has 0 spiro atoms. The molecule has 0 heterocycles. The van der Waals surface area contributed by atoms with E-state index in [4.69, 9.17) is 14.0 Å². The SMILES string of the molecule is C=CC(=O)OC(C)C(OC(=O)CCCCC)C(C)S(=O)(=O)O.[H-].[K+]. The van der Waals surface area contributed by atoms with Crippen molar-refractivity contribution >= 4 is 22.1 Å². The van der Waals surface area contributed by atoms with E-state index in [1.807, 2.05) is 6.92 Å². The van der Waals surface area contributed by atoms with E-state index >= 15 is 0 Å². The van der Waals surface area contributed by atoms with Crippen molar-refractivity contribution in [1.29, 1.82) is 0 Å².